The Morgan fingerprint density at radius 3 is 2.40 bits per heavy atom. The molecule has 1 aromatic heterocycles. The molecule has 6 rings (SSSR count). The lowest BCUT2D eigenvalue weighted by molar-refractivity contribution is -0.137. The van der Waals surface area contributed by atoms with Crippen molar-refractivity contribution < 1.29 is 22.7 Å². The Bertz CT molecular complexity index is 1680. The van der Waals surface area contributed by atoms with Crippen molar-refractivity contribution in [2.24, 2.45) is 0 Å². The first-order valence-corrected chi connectivity index (χ1v) is 17.0. The van der Waals surface area contributed by atoms with Gasteiger partial charge in [-0.3, -0.25) is 9.69 Å². The number of anilines is 1. The molecule has 2 saturated heterocycles. The first kappa shape index (κ1) is 31.6. The third kappa shape index (κ3) is 7.73. The Morgan fingerprint density at radius 1 is 1.00 bits per heavy atom. The number of fused-ring (bicyclic) bond motifs is 1. The number of halogens is 4. The van der Waals surface area contributed by atoms with Crippen LogP contribution in [-0.2, 0) is 12.7 Å². The number of nitrogens with zero attached hydrogens (tertiary/aromatic N) is 3. The Hall–Kier alpha value is -3.34. The molecule has 2 aliphatic rings. The second-order valence-electron chi connectivity index (χ2n) is 11.6. The van der Waals surface area contributed by atoms with E-state index in [1.807, 2.05) is 48.5 Å². The summed E-state index contributed by atoms with van der Waals surface area (Å²) in [5.74, 6) is 0.704. The van der Waals surface area contributed by atoms with Crippen LogP contribution in [0.5, 0.6) is 5.75 Å². The van der Waals surface area contributed by atoms with Crippen molar-refractivity contribution >= 4 is 55.6 Å². The van der Waals surface area contributed by atoms with Crippen LogP contribution in [0.1, 0.15) is 52.0 Å². The van der Waals surface area contributed by atoms with Gasteiger partial charge in [0.15, 0.2) is 0 Å². The third-order valence-corrected chi connectivity index (χ3v) is 10.9. The second kappa shape index (κ2) is 13.6. The highest BCUT2D eigenvalue weighted by Gasteiger charge is 2.31. The van der Waals surface area contributed by atoms with Crippen LogP contribution in [0.25, 0.3) is 10.1 Å². The number of amides is 1. The van der Waals surface area contributed by atoms with Gasteiger partial charge in [-0.25, -0.2) is 0 Å². The van der Waals surface area contributed by atoms with Gasteiger partial charge < -0.3 is 15.0 Å². The molecule has 2 atom stereocenters. The molecule has 0 radical (unpaired) electrons. The number of alkyl halides is 4. The van der Waals surface area contributed by atoms with Gasteiger partial charge in [-0.1, -0.05) is 34.7 Å². The molecule has 1 N–H and O–H groups in total. The molecule has 2 aliphatic heterocycles. The average molecular weight is 745 g/mol. The number of benzene rings is 3. The highest BCUT2D eigenvalue weighted by Crippen LogP contribution is 2.33. The van der Waals surface area contributed by atoms with Gasteiger partial charge >= 0.3 is 6.18 Å². The van der Waals surface area contributed by atoms with Gasteiger partial charge in [-0.15, -0.1) is 11.3 Å². The van der Waals surface area contributed by atoms with Crippen LogP contribution >= 0.6 is 33.9 Å². The zero-order valence-corrected chi connectivity index (χ0v) is 27.4. The first-order chi connectivity index (χ1) is 21.6. The number of ether oxygens (including phenoxy) is 1. The van der Waals surface area contributed by atoms with Gasteiger partial charge in [0.1, 0.15) is 11.9 Å². The number of carbonyl (C=O) groups is 1. The van der Waals surface area contributed by atoms with Crippen molar-refractivity contribution in [1.29, 1.82) is 5.26 Å². The Kier molecular flexibility index (Phi) is 9.54. The molecule has 3 aromatic carbocycles. The number of hydrogen-bond acceptors (Lipinski definition) is 6. The fraction of sp³-hybridized carbons (Fsp3) is 0.353. The van der Waals surface area contributed by atoms with E-state index in [0.717, 1.165) is 72.4 Å². The highest BCUT2D eigenvalue weighted by atomic mass is 127. The number of rotatable bonds is 7. The van der Waals surface area contributed by atoms with E-state index in [0.29, 0.717) is 27.6 Å². The van der Waals surface area contributed by atoms with Crippen molar-refractivity contribution in [3.05, 3.63) is 94.4 Å². The molecule has 2 unspecified atom stereocenters. The summed E-state index contributed by atoms with van der Waals surface area (Å²) in [5, 5.41) is 13.3. The summed E-state index contributed by atoms with van der Waals surface area (Å²) in [6.45, 7) is 3.11. The average Bonchev–Trinajstić information content (AvgIpc) is 3.47. The summed E-state index contributed by atoms with van der Waals surface area (Å²) in [4.78, 5) is 18.4. The molecule has 4 aromatic rings. The van der Waals surface area contributed by atoms with E-state index in [9.17, 15) is 18.0 Å². The Balaban J connectivity index is 0.994. The summed E-state index contributed by atoms with van der Waals surface area (Å²) >= 11 is 3.91. The van der Waals surface area contributed by atoms with Crippen molar-refractivity contribution in [3.63, 3.8) is 0 Å². The maximum atomic E-state index is 13.2. The maximum absolute atomic E-state index is 13.2. The molecular weight excluding hydrogens is 712 g/mol. The van der Waals surface area contributed by atoms with Crippen LogP contribution in [0.3, 0.4) is 0 Å². The monoisotopic (exact) mass is 744 g/mol. The predicted molar refractivity (Wildman–Crippen MR) is 179 cm³/mol. The molecule has 11 heteroatoms. The van der Waals surface area contributed by atoms with Gasteiger partial charge in [0.05, 0.1) is 26.1 Å². The smallest absolute Gasteiger partial charge is 0.416 e. The minimum atomic E-state index is -4.33. The minimum Gasteiger partial charge on any atom is -0.490 e. The van der Waals surface area contributed by atoms with Gasteiger partial charge in [0.25, 0.3) is 5.91 Å². The van der Waals surface area contributed by atoms with Gasteiger partial charge in [0, 0.05) is 55.4 Å². The van der Waals surface area contributed by atoms with E-state index in [1.165, 1.54) is 29.0 Å². The molecule has 1 amide bonds. The van der Waals surface area contributed by atoms with Crippen molar-refractivity contribution in [2.45, 2.75) is 54.6 Å². The van der Waals surface area contributed by atoms with Gasteiger partial charge in [-0.05, 0) is 84.5 Å². The normalized spacial score (nSPS) is 19.8. The molecule has 0 spiro atoms. The molecular formula is C34H32F3IN4O2S. The Morgan fingerprint density at radius 2 is 1.73 bits per heavy atom. The standard InChI is InChI=1S/C34H32F3IN4O2S/c35-34(36,37)25-6-8-27(9-7-25)41-15-12-28(13-16-41)44-29-10-5-24-17-31(45-30(24)19-29)33(43)40-26-11-14-42(32(38)18-26)21-23-3-1-22(20-39)2-4-23/h1-10,17,19,26,28,32H,11-16,18,21H2,(H,40,43). The number of thiophene rings is 1. The predicted octanol–water partition coefficient (Wildman–Crippen LogP) is 8.00. The molecule has 0 bridgehead atoms. The number of piperidine rings is 2. The zero-order valence-electron chi connectivity index (χ0n) is 24.4. The maximum Gasteiger partial charge on any atom is 0.416 e. The van der Waals surface area contributed by atoms with Crippen LogP contribution in [-0.4, -0.2) is 46.6 Å². The fourth-order valence-electron chi connectivity index (χ4n) is 5.93. The van der Waals surface area contributed by atoms with Crippen LogP contribution in [0.4, 0.5) is 18.9 Å². The van der Waals surface area contributed by atoms with Crippen molar-refractivity contribution in [1.82, 2.24) is 10.2 Å². The topological polar surface area (TPSA) is 68.6 Å². The van der Waals surface area contributed by atoms with Crippen LogP contribution in [0, 0.1) is 11.3 Å². The fourth-order valence-corrected chi connectivity index (χ4v) is 8.01. The van der Waals surface area contributed by atoms with E-state index in [1.54, 1.807) is 0 Å². The number of nitrogens with one attached hydrogen (secondary N) is 1. The van der Waals surface area contributed by atoms with E-state index >= 15 is 0 Å². The number of likely N-dealkylation sites (tertiary alicyclic amines) is 1. The van der Waals surface area contributed by atoms with Gasteiger partial charge in [0.2, 0.25) is 0 Å². The Labute approximate surface area is 277 Å². The molecule has 2 fully saturated rings. The first-order valence-electron chi connectivity index (χ1n) is 14.9. The van der Waals surface area contributed by atoms with Crippen LogP contribution in [0.2, 0.25) is 0 Å². The lowest BCUT2D eigenvalue weighted by Crippen LogP contribution is -2.47. The third-order valence-electron chi connectivity index (χ3n) is 8.46. The SMILES string of the molecule is N#Cc1ccc(CN2CCC(NC(=O)c3cc4ccc(OC5CCN(c6ccc(C(F)(F)F)cc6)CC5)cc4s3)CC2I)cc1. The van der Waals surface area contributed by atoms with E-state index in [2.05, 4.69) is 43.8 Å². The second-order valence-corrected chi connectivity index (χ2v) is 14.1. The molecule has 0 saturated carbocycles. The number of nitriles is 1. The number of carbonyl (C=O) groups excluding carboxylic acids is 1. The number of hydrogen-bond donors (Lipinski definition) is 1. The summed E-state index contributed by atoms with van der Waals surface area (Å²) < 4.78 is 46.3. The molecule has 3 heterocycles. The quantitative estimate of drug-likeness (QED) is 0.118. The van der Waals surface area contributed by atoms with Crippen molar-refractivity contribution in [2.75, 3.05) is 24.5 Å². The van der Waals surface area contributed by atoms with E-state index in [-0.39, 0.29) is 18.1 Å². The molecule has 6 nitrogen and oxygen atoms in total. The minimum absolute atomic E-state index is 0.0138. The molecule has 45 heavy (non-hydrogen) atoms. The summed E-state index contributed by atoms with van der Waals surface area (Å²) in [6.07, 6.45) is -1.05. The highest BCUT2D eigenvalue weighted by molar-refractivity contribution is 14.1. The summed E-state index contributed by atoms with van der Waals surface area (Å²) in [7, 11) is 0. The van der Waals surface area contributed by atoms with Crippen LogP contribution in [0.15, 0.2) is 72.8 Å². The van der Waals surface area contributed by atoms with Crippen molar-refractivity contribution in [3.8, 4) is 11.8 Å². The lowest BCUT2D eigenvalue weighted by Gasteiger charge is -2.36. The lowest BCUT2D eigenvalue weighted by atomic mass is 10.0. The largest absolute Gasteiger partial charge is 0.490 e. The van der Waals surface area contributed by atoms with E-state index < -0.39 is 11.7 Å². The molecule has 0 aliphatic carbocycles. The molecule has 234 valence electrons. The summed E-state index contributed by atoms with van der Waals surface area (Å²) in [6, 6.07) is 23.1. The van der Waals surface area contributed by atoms with Crippen LogP contribution < -0.4 is 15.0 Å². The van der Waals surface area contributed by atoms with E-state index in [4.69, 9.17) is 10.00 Å². The summed E-state index contributed by atoms with van der Waals surface area (Å²) in [5.41, 5.74) is 1.99. The van der Waals surface area contributed by atoms with Gasteiger partial charge in [-0.2, -0.15) is 18.4 Å². The zero-order chi connectivity index (χ0) is 31.6.